The van der Waals surface area contributed by atoms with Gasteiger partial charge in [-0.05, 0) is 66.3 Å². The summed E-state index contributed by atoms with van der Waals surface area (Å²) in [5.41, 5.74) is 0.307. The lowest BCUT2D eigenvalue weighted by Crippen LogP contribution is -2.12. The van der Waals surface area contributed by atoms with Gasteiger partial charge >= 0.3 is 0 Å². The fourth-order valence-corrected chi connectivity index (χ4v) is 4.67. The topological polar surface area (TPSA) is 58.2 Å². The van der Waals surface area contributed by atoms with Crippen molar-refractivity contribution in [2.24, 2.45) is 0 Å². The summed E-state index contributed by atoms with van der Waals surface area (Å²) in [6.45, 7) is 0.789. The Kier molecular flexibility index (Phi) is 5.37. The number of thiophene rings is 1. The van der Waals surface area contributed by atoms with E-state index in [2.05, 4.69) is 26.0 Å². The summed E-state index contributed by atoms with van der Waals surface area (Å²) in [4.78, 5) is 0.989. The van der Waals surface area contributed by atoms with Crippen LogP contribution in [0.15, 0.2) is 39.0 Å². The number of nitrogens with one attached hydrogen (secondary N) is 2. The normalized spacial score (nSPS) is 11.6. The van der Waals surface area contributed by atoms with Gasteiger partial charge in [0.2, 0.25) is 0 Å². The van der Waals surface area contributed by atoms with Crippen molar-refractivity contribution in [3.8, 4) is 0 Å². The smallest absolute Gasteiger partial charge is 0.271 e. The van der Waals surface area contributed by atoms with E-state index in [1.807, 2.05) is 7.05 Å². The molecule has 114 valence electrons. The lowest BCUT2D eigenvalue weighted by Gasteiger charge is -2.08. The standard InChI is InChI=1S/C13H14BrFN2O2S2/c1-16-7-6-10-3-5-13(20-10)21(18,19)17-12-4-2-9(15)8-11(12)14/h2-5,8,16-17H,6-7H2,1H3. The highest BCUT2D eigenvalue weighted by molar-refractivity contribution is 9.10. The first-order valence-electron chi connectivity index (χ1n) is 6.13. The van der Waals surface area contributed by atoms with Crippen molar-refractivity contribution in [1.82, 2.24) is 5.32 Å². The predicted molar refractivity (Wildman–Crippen MR) is 86.9 cm³/mol. The summed E-state index contributed by atoms with van der Waals surface area (Å²) in [5.74, 6) is -0.435. The molecule has 0 saturated carbocycles. The lowest BCUT2D eigenvalue weighted by molar-refractivity contribution is 0.603. The third-order valence-electron chi connectivity index (χ3n) is 2.70. The molecule has 21 heavy (non-hydrogen) atoms. The van der Waals surface area contributed by atoms with E-state index in [0.29, 0.717) is 10.2 Å². The van der Waals surface area contributed by atoms with Gasteiger partial charge in [0.1, 0.15) is 10.0 Å². The van der Waals surface area contributed by atoms with Crippen LogP contribution < -0.4 is 10.0 Å². The van der Waals surface area contributed by atoms with Crippen molar-refractivity contribution in [2.45, 2.75) is 10.6 Å². The van der Waals surface area contributed by atoms with Gasteiger partial charge in [-0.2, -0.15) is 0 Å². The Morgan fingerprint density at radius 2 is 2.05 bits per heavy atom. The van der Waals surface area contributed by atoms with Gasteiger partial charge in [0.25, 0.3) is 10.0 Å². The molecule has 0 bridgehead atoms. The molecule has 1 heterocycles. The zero-order chi connectivity index (χ0) is 15.5. The molecule has 0 fully saturated rings. The van der Waals surface area contributed by atoms with Gasteiger partial charge in [-0.15, -0.1) is 11.3 Å². The zero-order valence-corrected chi connectivity index (χ0v) is 14.4. The largest absolute Gasteiger partial charge is 0.319 e. The highest BCUT2D eigenvalue weighted by atomic mass is 79.9. The molecule has 0 aliphatic heterocycles. The fourth-order valence-electron chi connectivity index (χ4n) is 1.65. The molecule has 2 N–H and O–H groups in total. The van der Waals surface area contributed by atoms with Crippen LogP contribution in [0.3, 0.4) is 0 Å². The maximum atomic E-state index is 13.0. The van der Waals surface area contributed by atoms with Crippen LogP contribution in [0.5, 0.6) is 0 Å². The first-order chi connectivity index (χ1) is 9.92. The van der Waals surface area contributed by atoms with Crippen molar-refractivity contribution >= 4 is 43.0 Å². The minimum atomic E-state index is -3.66. The second-order valence-corrected chi connectivity index (χ2v) is 8.24. The SMILES string of the molecule is CNCCc1ccc(S(=O)(=O)Nc2ccc(F)cc2Br)s1. The molecule has 0 amide bonds. The summed E-state index contributed by atoms with van der Waals surface area (Å²) >= 11 is 4.37. The third-order valence-corrected chi connectivity index (χ3v) is 6.36. The molecule has 2 aromatic rings. The molecule has 1 aromatic heterocycles. The molecule has 8 heteroatoms. The Hall–Kier alpha value is -0.960. The van der Waals surface area contributed by atoms with Crippen molar-refractivity contribution in [2.75, 3.05) is 18.3 Å². The summed E-state index contributed by atoms with van der Waals surface area (Å²) in [7, 11) is -1.81. The van der Waals surface area contributed by atoms with E-state index in [9.17, 15) is 12.8 Å². The highest BCUT2D eigenvalue weighted by Gasteiger charge is 2.18. The van der Waals surface area contributed by atoms with E-state index in [1.165, 1.54) is 29.5 Å². The number of halogens is 2. The Bertz CT molecular complexity index is 732. The molecular weight excluding hydrogens is 379 g/mol. The second-order valence-electron chi connectivity index (χ2n) is 4.30. The molecule has 4 nitrogen and oxygen atoms in total. The number of anilines is 1. The summed E-state index contributed by atoms with van der Waals surface area (Å²) in [5, 5.41) is 3.02. The van der Waals surface area contributed by atoms with Crippen molar-refractivity contribution in [1.29, 1.82) is 0 Å². The van der Waals surface area contributed by atoms with Crippen LogP contribution in [-0.4, -0.2) is 22.0 Å². The molecular formula is C13H14BrFN2O2S2. The van der Waals surface area contributed by atoms with E-state index in [1.54, 1.807) is 12.1 Å². The Morgan fingerprint density at radius 3 is 2.71 bits per heavy atom. The maximum Gasteiger partial charge on any atom is 0.271 e. The molecule has 1 aromatic carbocycles. The van der Waals surface area contributed by atoms with Gasteiger partial charge < -0.3 is 5.32 Å². The zero-order valence-electron chi connectivity index (χ0n) is 11.2. The quantitative estimate of drug-likeness (QED) is 0.793. The average molecular weight is 393 g/mol. The minimum Gasteiger partial charge on any atom is -0.319 e. The number of hydrogen-bond acceptors (Lipinski definition) is 4. The minimum absolute atomic E-state index is 0.241. The summed E-state index contributed by atoms with van der Waals surface area (Å²) in [6, 6.07) is 7.18. The van der Waals surface area contributed by atoms with Crippen LogP contribution in [0, 0.1) is 5.82 Å². The van der Waals surface area contributed by atoms with Crippen LogP contribution in [0.1, 0.15) is 4.88 Å². The molecule has 0 radical (unpaired) electrons. The first kappa shape index (κ1) is 16.4. The van der Waals surface area contributed by atoms with Gasteiger partial charge in [-0.1, -0.05) is 0 Å². The maximum absolute atomic E-state index is 13.0. The van der Waals surface area contributed by atoms with Gasteiger partial charge in [0.15, 0.2) is 0 Å². The van der Waals surface area contributed by atoms with E-state index < -0.39 is 15.8 Å². The van der Waals surface area contributed by atoms with E-state index in [-0.39, 0.29) is 4.21 Å². The van der Waals surface area contributed by atoms with Crippen molar-refractivity contribution in [3.63, 3.8) is 0 Å². The van der Waals surface area contributed by atoms with Gasteiger partial charge in [0.05, 0.1) is 5.69 Å². The number of likely N-dealkylation sites (N-methyl/N-ethyl adjacent to an activating group) is 1. The van der Waals surface area contributed by atoms with Gasteiger partial charge in [-0.25, -0.2) is 12.8 Å². The van der Waals surface area contributed by atoms with Crippen LogP contribution in [0.25, 0.3) is 0 Å². The number of sulfonamides is 1. The van der Waals surface area contributed by atoms with E-state index >= 15 is 0 Å². The third kappa shape index (κ3) is 4.26. The monoisotopic (exact) mass is 392 g/mol. The molecule has 2 rings (SSSR count). The van der Waals surface area contributed by atoms with Crippen molar-refractivity contribution in [3.05, 3.63) is 45.5 Å². The predicted octanol–water partition coefficient (Wildman–Crippen LogP) is 3.21. The van der Waals surface area contributed by atoms with Gasteiger partial charge in [0, 0.05) is 9.35 Å². The number of benzene rings is 1. The molecule has 0 aliphatic carbocycles. The van der Waals surface area contributed by atoms with Crippen molar-refractivity contribution < 1.29 is 12.8 Å². The summed E-state index contributed by atoms with van der Waals surface area (Å²) in [6.07, 6.45) is 0.775. The second kappa shape index (κ2) is 6.87. The fraction of sp³-hybridized carbons (Fsp3) is 0.231. The first-order valence-corrected chi connectivity index (χ1v) is 9.23. The molecule has 0 spiro atoms. The van der Waals surface area contributed by atoms with Gasteiger partial charge in [-0.3, -0.25) is 4.72 Å². The lowest BCUT2D eigenvalue weighted by atomic mass is 10.3. The number of hydrogen-bond donors (Lipinski definition) is 2. The molecule has 0 aliphatic rings. The summed E-state index contributed by atoms with van der Waals surface area (Å²) < 4.78 is 40.7. The Labute approximate surface area is 135 Å². The molecule has 0 unspecified atom stereocenters. The Morgan fingerprint density at radius 1 is 1.29 bits per heavy atom. The molecule has 0 saturated heterocycles. The van der Waals surface area contributed by atoms with Crippen LogP contribution in [0.2, 0.25) is 0 Å². The Balaban J connectivity index is 2.19. The molecule has 0 atom stereocenters. The highest BCUT2D eigenvalue weighted by Crippen LogP contribution is 2.28. The number of rotatable bonds is 6. The van der Waals surface area contributed by atoms with E-state index in [4.69, 9.17) is 0 Å². The van der Waals surface area contributed by atoms with Crippen LogP contribution in [-0.2, 0) is 16.4 Å². The van der Waals surface area contributed by atoms with Crippen LogP contribution in [0.4, 0.5) is 10.1 Å². The van der Waals surface area contributed by atoms with Crippen LogP contribution >= 0.6 is 27.3 Å². The average Bonchev–Trinajstić information content (AvgIpc) is 2.89. The van der Waals surface area contributed by atoms with E-state index in [0.717, 1.165) is 17.8 Å².